The van der Waals surface area contributed by atoms with E-state index in [0.717, 1.165) is 23.8 Å². The molecule has 1 aromatic carbocycles. The summed E-state index contributed by atoms with van der Waals surface area (Å²) in [6, 6.07) is 7.68. The fraction of sp³-hybridized carbons (Fsp3) is 0.375. The number of nitrogens with zero attached hydrogens (tertiary/aromatic N) is 1. The molecule has 0 unspecified atom stereocenters. The van der Waals surface area contributed by atoms with E-state index in [9.17, 15) is 9.59 Å². The Bertz CT molecular complexity index is 649. The van der Waals surface area contributed by atoms with Crippen LogP contribution in [0.25, 0.3) is 11.0 Å². The highest BCUT2D eigenvalue weighted by Gasteiger charge is 2.27. The zero-order valence-corrected chi connectivity index (χ0v) is 11.5. The first-order chi connectivity index (χ1) is 9.66. The van der Waals surface area contributed by atoms with Gasteiger partial charge in [0.15, 0.2) is 0 Å². The summed E-state index contributed by atoms with van der Waals surface area (Å²) in [7, 11) is 1.81. The monoisotopic (exact) mass is 271 g/mol. The zero-order valence-electron chi connectivity index (χ0n) is 11.5. The SMILES string of the molecule is CN(C(=O)c1coc2ccccc12)C1CCC(=O)CC1. The van der Waals surface area contributed by atoms with E-state index in [1.165, 1.54) is 6.26 Å². The lowest BCUT2D eigenvalue weighted by molar-refractivity contribution is -0.121. The van der Waals surface area contributed by atoms with Gasteiger partial charge in [0.2, 0.25) is 0 Å². The van der Waals surface area contributed by atoms with E-state index < -0.39 is 0 Å². The highest BCUT2D eigenvalue weighted by molar-refractivity contribution is 6.05. The van der Waals surface area contributed by atoms with Crippen LogP contribution in [-0.2, 0) is 4.79 Å². The second kappa shape index (κ2) is 5.12. The van der Waals surface area contributed by atoms with Crippen LogP contribution in [-0.4, -0.2) is 29.7 Å². The van der Waals surface area contributed by atoms with E-state index in [1.807, 2.05) is 31.3 Å². The molecule has 1 aromatic heterocycles. The highest BCUT2D eigenvalue weighted by atomic mass is 16.3. The molecule has 104 valence electrons. The van der Waals surface area contributed by atoms with Gasteiger partial charge in [-0.2, -0.15) is 0 Å². The van der Waals surface area contributed by atoms with E-state index in [2.05, 4.69) is 0 Å². The highest BCUT2D eigenvalue weighted by Crippen LogP contribution is 2.25. The minimum absolute atomic E-state index is 0.0331. The predicted octanol–water partition coefficient (Wildman–Crippen LogP) is 3.02. The number of Topliss-reactive ketones (excluding diaryl/α,β-unsaturated/α-hetero) is 1. The Morgan fingerprint density at radius 3 is 2.70 bits per heavy atom. The van der Waals surface area contributed by atoms with Crippen molar-refractivity contribution in [1.29, 1.82) is 0 Å². The van der Waals surface area contributed by atoms with E-state index >= 15 is 0 Å². The Morgan fingerprint density at radius 2 is 1.95 bits per heavy atom. The van der Waals surface area contributed by atoms with Crippen LogP contribution < -0.4 is 0 Å². The largest absolute Gasteiger partial charge is 0.463 e. The summed E-state index contributed by atoms with van der Waals surface area (Å²) in [5.41, 5.74) is 1.32. The second-order valence-corrected chi connectivity index (χ2v) is 5.33. The normalized spacial score (nSPS) is 16.6. The van der Waals surface area contributed by atoms with Crippen LogP contribution in [0.2, 0.25) is 0 Å². The number of para-hydroxylation sites is 1. The van der Waals surface area contributed by atoms with Crippen molar-refractivity contribution in [2.45, 2.75) is 31.7 Å². The molecule has 0 spiro atoms. The first-order valence-electron chi connectivity index (χ1n) is 6.92. The number of rotatable bonds is 2. The summed E-state index contributed by atoms with van der Waals surface area (Å²) < 4.78 is 5.42. The van der Waals surface area contributed by atoms with Crippen LogP contribution in [0.15, 0.2) is 34.9 Å². The first-order valence-corrected chi connectivity index (χ1v) is 6.92. The van der Waals surface area contributed by atoms with Gasteiger partial charge in [-0.3, -0.25) is 9.59 Å². The lowest BCUT2D eigenvalue weighted by Gasteiger charge is -2.30. The average Bonchev–Trinajstić information content (AvgIpc) is 2.90. The summed E-state index contributed by atoms with van der Waals surface area (Å²) in [5, 5.41) is 0.844. The van der Waals surface area contributed by atoms with Crippen molar-refractivity contribution in [3.63, 3.8) is 0 Å². The topological polar surface area (TPSA) is 50.5 Å². The molecule has 4 heteroatoms. The van der Waals surface area contributed by atoms with E-state index in [0.29, 0.717) is 24.2 Å². The fourth-order valence-corrected chi connectivity index (χ4v) is 2.81. The summed E-state index contributed by atoms with van der Waals surface area (Å²) in [6.45, 7) is 0. The van der Waals surface area contributed by atoms with Gasteiger partial charge in [-0.1, -0.05) is 18.2 Å². The molecule has 0 aliphatic heterocycles. The smallest absolute Gasteiger partial charge is 0.257 e. The molecule has 1 aliphatic carbocycles. The van der Waals surface area contributed by atoms with Gasteiger partial charge >= 0.3 is 0 Å². The number of carbonyl (C=O) groups is 2. The average molecular weight is 271 g/mol. The maximum atomic E-state index is 12.6. The lowest BCUT2D eigenvalue weighted by Crippen LogP contribution is -2.39. The summed E-state index contributed by atoms with van der Waals surface area (Å²) in [4.78, 5) is 25.6. The van der Waals surface area contributed by atoms with Crippen molar-refractivity contribution in [2.75, 3.05) is 7.05 Å². The fourth-order valence-electron chi connectivity index (χ4n) is 2.81. The van der Waals surface area contributed by atoms with Crippen molar-refractivity contribution in [3.8, 4) is 0 Å². The number of ketones is 1. The van der Waals surface area contributed by atoms with Gasteiger partial charge < -0.3 is 9.32 Å². The molecule has 0 bridgehead atoms. The molecule has 1 saturated carbocycles. The molecule has 0 radical (unpaired) electrons. The zero-order chi connectivity index (χ0) is 14.1. The third-order valence-corrected chi connectivity index (χ3v) is 4.09. The van der Waals surface area contributed by atoms with Gasteiger partial charge in [-0.25, -0.2) is 0 Å². The third kappa shape index (κ3) is 2.22. The van der Waals surface area contributed by atoms with Crippen LogP contribution >= 0.6 is 0 Å². The molecule has 20 heavy (non-hydrogen) atoms. The molecule has 0 atom stereocenters. The van der Waals surface area contributed by atoms with Crippen LogP contribution in [0.4, 0.5) is 0 Å². The molecule has 2 aromatic rings. The third-order valence-electron chi connectivity index (χ3n) is 4.09. The number of furan rings is 1. The maximum absolute atomic E-state index is 12.6. The van der Waals surface area contributed by atoms with Crippen molar-refractivity contribution < 1.29 is 14.0 Å². The number of carbonyl (C=O) groups excluding carboxylic acids is 2. The van der Waals surface area contributed by atoms with Crippen LogP contribution in [0, 0.1) is 0 Å². The molecule has 1 fully saturated rings. The maximum Gasteiger partial charge on any atom is 0.257 e. The number of fused-ring (bicyclic) bond motifs is 1. The number of hydrogen-bond acceptors (Lipinski definition) is 3. The Morgan fingerprint density at radius 1 is 1.25 bits per heavy atom. The van der Waals surface area contributed by atoms with Crippen molar-refractivity contribution in [3.05, 3.63) is 36.1 Å². The minimum Gasteiger partial charge on any atom is -0.463 e. The predicted molar refractivity (Wildman–Crippen MR) is 75.6 cm³/mol. The van der Waals surface area contributed by atoms with Crippen LogP contribution in [0.1, 0.15) is 36.0 Å². The van der Waals surface area contributed by atoms with E-state index in [4.69, 9.17) is 4.42 Å². The Hall–Kier alpha value is -2.10. The van der Waals surface area contributed by atoms with Gasteiger partial charge in [0, 0.05) is 31.3 Å². The van der Waals surface area contributed by atoms with Gasteiger partial charge in [-0.05, 0) is 18.9 Å². The minimum atomic E-state index is -0.0331. The summed E-state index contributed by atoms with van der Waals surface area (Å²) >= 11 is 0. The number of amides is 1. The van der Waals surface area contributed by atoms with Crippen molar-refractivity contribution in [1.82, 2.24) is 4.90 Å². The molecule has 3 rings (SSSR count). The number of hydrogen-bond donors (Lipinski definition) is 0. The van der Waals surface area contributed by atoms with Crippen LogP contribution in [0.3, 0.4) is 0 Å². The molecule has 0 saturated heterocycles. The lowest BCUT2D eigenvalue weighted by atomic mass is 9.93. The molecule has 1 amide bonds. The molecule has 0 N–H and O–H groups in total. The standard InChI is InChI=1S/C16H17NO3/c1-17(11-6-8-12(18)9-7-11)16(19)14-10-20-15-5-3-2-4-13(14)15/h2-5,10-11H,6-9H2,1H3. The molecule has 1 heterocycles. The molecular weight excluding hydrogens is 254 g/mol. The van der Waals surface area contributed by atoms with Gasteiger partial charge in [0.1, 0.15) is 17.6 Å². The Kier molecular flexibility index (Phi) is 3.30. The molecule has 1 aliphatic rings. The molecule has 4 nitrogen and oxygen atoms in total. The summed E-state index contributed by atoms with van der Waals surface area (Å²) in [6.07, 6.45) is 4.20. The quantitative estimate of drug-likeness (QED) is 0.843. The number of benzene rings is 1. The Balaban J connectivity index is 1.83. The van der Waals surface area contributed by atoms with Gasteiger partial charge in [0.25, 0.3) is 5.91 Å². The second-order valence-electron chi connectivity index (χ2n) is 5.33. The van der Waals surface area contributed by atoms with Gasteiger partial charge in [-0.15, -0.1) is 0 Å². The first kappa shape index (κ1) is 12.9. The van der Waals surface area contributed by atoms with Crippen LogP contribution in [0.5, 0.6) is 0 Å². The van der Waals surface area contributed by atoms with Crippen molar-refractivity contribution >= 4 is 22.7 Å². The van der Waals surface area contributed by atoms with Crippen molar-refractivity contribution in [2.24, 2.45) is 0 Å². The van der Waals surface area contributed by atoms with E-state index in [-0.39, 0.29) is 11.9 Å². The molecular formula is C16H17NO3. The van der Waals surface area contributed by atoms with E-state index in [1.54, 1.807) is 4.90 Å². The summed E-state index contributed by atoms with van der Waals surface area (Å²) in [5.74, 6) is 0.269. The Labute approximate surface area is 117 Å². The van der Waals surface area contributed by atoms with Gasteiger partial charge in [0.05, 0.1) is 5.56 Å².